The van der Waals surface area contributed by atoms with Crippen molar-refractivity contribution >= 4 is 13.3 Å². The molecule has 0 bridgehead atoms. The summed E-state index contributed by atoms with van der Waals surface area (Å²) in [6, 6.07) is 4.68. The highest BCUT2D eigenvalue weighted by Crippen LogP contribution is 2.21. The van der Waals surface area contributed by atoms with Crippen LogP contribution >= 0.6 is 0 Å². The van der Waals surface area contributed by atoms with Crippen LogP contribution in [-0.4, -0.2) is 7.85 Å². The zero-order valence-corrected chi connectivity index (χ0v) is 10.3. The van der Waals surface area contributed by atoms with Gasteiger partial charge in [-0.1, -0.05) is 45.3 Å². The Morgan fingerprint density at radius 3 is 1.93 bits per heavy atom. The van der Waals surface area contributed by atoms with Gasteiger partial charge in [0.2, 0.25) is 0 Å². The lowest BCUT2D eigenvalue weighted by Gasteiger charge is -2.17. The Bertz CT molecular complexity index is 301. The molecule has 0 fully saturated rings. The summed E-state index contributed by atoms with van der Waals surface area (Å²) in [5, 5.41) is 0. The van der Waals surface area contributed by atoms with E-state index >= 15 is 0 Å². The van der Waals surface area contributed by atoms with Crippen molar-refractivity contribution < 1.29 is 0 Å². The molecule has 0 saturated heterocycles. The van der Waals surface area contributed by atoms with E-state index in [1.165, 1.54) is 22.2 Å². The topological polar surface area (TPSA) is 0 Å². The lowest BCUT2D eigenvalue weighted by atomic mass is 9.80. The molecule has 0 heterocycles. The Hall–Kier alpha value is -0.715. The van der Waals surface area contributed by atoms with Gasteiger partial charge in [-0.15, -0.1) is 0 Å². The van der Waals surface area contributed by atoms with Gasteiger partial charge in [0.05, 0.1) is 0 Å². The van der Waals surface area contributed by atoms with Gasteiger partial charge in [-0.25, -0.2) is 0 Å². The highest BCUT2D eigenvalue weighted by Gasteiger charge is 2.09. The highest BCUT2D eigenvalue weighted by molar-refractivity contribution is 6.33. The Labute approximate surface area is 89.1 Å². The second-order valence-electron chi connectivity index (χ2n) is 4.88. The van der Waals surface area contributed by atoms with Crippen molar-refractivity contribution in [3.05, 3.63) is 28.8 Å². The molecule has 0 aromatic heterocycles. The van der Waals surface area contributed by atoms with Gasteiger partial charge < -0.3 is 0 Å². The summed E-state index contributed by atoms with van der Waals surface area (Å²) >= 11 is 0. The summed E-state index contributed by atoms with van der Waals surface area (Å²) in [5.74, 6) is 1.27. The van der Waals surface area contributed by atoms with E-state index in [2.05, 4.69) is 54.6 Å². The van der Waals surface area contributed by atoms with Crippen molar-refractivity contribution in [2.75, 3.05) is 0 Å². The standard InChI is InChI=1S/C13H21B/c1-8(2)11-6-10(5)13(9(3)4)12(14)7-11/h6-9H,14H2,1-5H3. The fourth-order valence-electron chi connectivity index (χ4n) is 2.25. The van der Waals surface area contributed by atoms with Gasteiger partial charge in [0.15, 0.2) is 0 Å². The quantitative estimate of drug-likeness (QED) is 0.625. The molecule has 0 nitrogen and oxygen atoms in total. The maximum atomic E-state index is 2.34. The molecule has 0 aliphatic carbocycles. The van der Waals surface area contributed by atoms with Gasteiger partial charge in [0.1, 0.15) is 7.85 Å². The summed E-state index contributed by atoms with van der Waals surface area (Å²) in [4.78, 5) is 0. The van der Waals surface area contributed by atoms with Gasteiger partial charge in [-0.05, 0) is 35.4 Å². The number of benzene rings is 1. The van der Waals surface area contributed by atoms with Crippen molar-refractivity contribution in [1.29, 1.82) is 0 Å². The molecule has 0 spiro atoms. The molecular weight excluding hydrogens is 167 g/mol. The van der Waals surface area contributed by atoms with E-state index in [1.807, 2.05) is 0 Å². The molecule has 1 heteroatoms. The number of aryl methyl sites for hydroxylation is 1. The summed E-state index contributed by atoms with van der Waals surface area (Å²) in [6.45, 7) is 11.3. The normalized spacial score (nSPS) is 11.4. The highest BCUT2D eigenvalue weighted by atomic mass is 14.1. The minimum atomic E-state index is 0.633. The summed E-state index contributed by atoms with van der Waals surface area (Å²) in [6.07, 6.45) is 0. The number of rotatable bonds is 2. The van der Waals surface area contributed by atoms with Crippen LogP contribution in [0.1, 0.15) is 56.2 Å². The molecule has 0 N–H and O–H groups in total. The van der Waals surface area contributed by atoms with E-state index < -0.39 is 0 Å². The molecule has 0 atom stereocenters. The van der Waals surface area contributed by atoms with Crippen LogP contribution < -0.4 is 5.46 Å². The number of hydrogen-bond donors (Lipinski definition) is 0. The summed E-state index contributed by atoms with van der Waals surface area (Å²) < 4.78 is 0. The summed E-state index contributed by atoms with van der Waals surface area (Å²) in [5.41, 5.74) is 5.88. The van der Waals surface area contributed by atoms with Gasteiger partial charge in [0, 0.05) is 0 Å². The predicted octanol–water partition coefficient (Wildman–Crippen LogP) is 2.50. The zero-order chi connectivity index (χ0) is 10.9. The van der Waals surface area contributed by atoms with E-state index in [0.717, 1.165) is 0 Å². The second kappa shape index (κ2) is 4.21. The first kappa shape index (κ1) is 11.4. The fourth-order valence-corrected chi connectivity index (χ4v) is 2.25. The monoisotopic (exact) mass is 188 g/mol. The molecule has 0 amide bonds. The molecule has 14 heavy (non-hydrogen) atoms. The SMILES string of the molecule is Bc1cc(C(C)C)cc(C)c1C(C)C. The lowest BCUT2D eigenvalue weighted by Crippen LogP contribution is -2.15. The molecule has 0 aliphatic rings. The maximum Gasteiger partial charge on any atom is 0.139 e. The Morgan fingerprint density at radius 2 is 1.57 bits per heavy atom. The van der Waals surface area contributed by atoms with Gasteiger partial charge in [-0.3, -0.25) is 0 Å². The first-order chi connectivity index (χ1) is 6.43. The van der Waals surface area contributed by atoms with Crippen LogP contribution in [0.2, 0.25) is 0 Å². The van der Waals surface area contributed by atoms with Gasteiger partial charge in [-0.2, -0.15) is 0 Å². The van der Waals surface area contributed by atoms with E-state index in [9.17, 15) is 0 Å². The first-order valence-electron chi connectivity index (χ1n) is 5.54. The Morgan fingerprint density at radius 1 is 1.00 bits per heavy atom. The Kier molecular flexibility index (Phi) is 3.41. The molecule has 1 aromatic carbocycles. The molecular formula is C13H21B. The molecule has 76 valence electrons. The van der Waals surface area contributed by atoms with Crippen LogP contribution in [-0.2, 0) is 0 Å². The first-order valence-corrected chi connectivity index (χ1v) is 5.54. The van der Waals surface area contributed by atoms with Gasteiger partial charge >= 0.3 is 0 Å². The molecule has 1 rings (SSSR count). The molecule has 0 saturated carbocycles. The van der Waals surface area contributed by atoms with Crippen LogP contribution in [0.25, 0.3) is 0 Å². The molecule has 0 unspecified atom stereocenters. The van der Waals surface area contributed by atoms with Crippen LogP contribution in [0.4, 0.5) is 0 Å². The van der Waals surface area contributed by atoms with E-state index in [0.29, 0.717) is 11.8 Å². The van der Waals surface area contributed by atoms with Crippen LogP contribution in [0.5, 0.6) is 0 Å². The Balaban J connectivity index is 3.25. The fraction of sp³-hybridized carbons (Fsp3) is 0.538. The van der Waals surface area contributed by atoms with Crippen LogP contribution in [0.15, 0.2) is 12.1 Å². The number of hydrogen-bond acceptors (Lipinski definition) is 0. The second-order valence-corrected chi connectivity index (χ2v) is 4.88. The minimum Gasteiger partial charge on any atom is -0.0850 e. The zero-order valence-electron chi connectivity index (χ0n) is 10.3. The van der Waals surface area contributed by atoms with Crippen LogP contribution in [0, 0.1) is 6.92 Å². The van der Waals surface area contributed by atoms with Gasteiger partial charge in [0.25, 0.3) is 0 Å². The largest absolute Gasteiger partial charge is 0.139 e. The minimum absolute atomic E-state index is 0.633. The van der Waals surface area contributed by atoms with Crippen molar-refractivity contribution in [3.8, 4) is 0 Å². The maximum absolute atomic E-state index is 2.34. The van der Waals surface area contributed by atoms with Crippen molar-refractivity contribution in [1.82, 2.24) is 0 Å². The van der Waals surface area contributed by atoms with E-state index in [-0.39, 0.29) is 0 Å². The molecule has 1 aromatic rings. The lowest BCUT2D eigenvalue weighted by molar-refractivity contribution is 0.842. The average Bonchev–Trinajstić information content (AvgIpc) is 2.01. The molecule has 0 aliphatic heterocycles. The third-order valence-electron chi connectivity index (χ3n) is 2.86. The third-order valence-corrected chi connectivity index (χ3v) is 2.86. The van der Waals surface area contributed by atoms with Crippen molar-refractivity contribution in [2.24, 2.45) is 0 Å². The van der Waals surface area contributed by atoms with E-state index in [4.69, 9.17) is 0 Å². The third kappa shape index (κ3) is 2.20. The van der Waals surface area contributed by atoms with Crippen LogP contribution in [0.3, 0.4) is 0 Å². The molecule has 0 radical (unpaired) electrons. The summed E-state index contributed by atoms with van der Waals surface area (Å²) in [7, 11) is 2.23. The van der Waals surface area contributed by atoms with Crippen molar-refractivity contribution in [2.45, 2.75) is 46.5 Å². The van der Waals surface area contributed by atoms with E-state index in [1.54, 1.807) is 0 Å². The predicted molar refractivity (Wildman–Crippen MR) is 67.5 cm³/mol. The van der Waals surface area contributed by atoms with Crippen molar-refractivity contribution in [3.63, 3.8) is 0 Å². The smallest absolute Gasteiger partial charge is 0.0850 e. The average molecular weight is 188 g/mol.